The van der Waals surface area contributed by atoms with Crippen LogP contribution in [0.25, 0.3) is 22.2 Å². The van der Waals surface area contributed by atoms with Gasteiger partial charge in [-0.1, -0.05) is 30.3 Å². The summed E-state index contributed by atoms with van der Waals surface area (Å²) in [5.41, 5.74) is 3.89. The first-order valence-electron chi connectivity index (χ1n) is 8.57. The van der Waals surface area contributed by atoms with E-state index in [9.17, 15) is 9.90 Å². The van der Waals surface area contributed by atoms with E-state index in [2.05, 4.69) is 15.3 Å². The van der Waals surface area contributed by atoms with Gasteiger partial charge in [0.25, 0.3) is 5.91 Å². The van der Waals surface area contributed by atoms with Crippen molar-refractivity contribution in [2.75, 3.05) is 0 Å². The van der Waals surface area contributed by atoms with Crippen LogP contribution in [0.2, 0.25) is 0 Å². The molecular formula is C22H17N3O2. The number of carbonyl (C=O) groups excluding carboxylic acids is 1. The normalized spacial score (nSPS) is 10.7. The lowest BCUT2D eigenvalue weighted by molar-refractivity contribution is 0.0952. The third kappa shape index (κ3) is 3.62. The minimum absolute atomic E-state index is 0.169. The van der Waals surface area contributed by atoms with Crippen LogP contribution in [0.5, 0.6) is 5.75 Å². The second-order valence-electron chi connectivity index (χ2n) is 6.16. The maximum Gasteiger partial charge on any atom is 0.252 e. The SMILES string of the molecule is O=C(NCc1ccc(O)cc1)c1cc(-c2ccncc2)nc2ccccc12. The molecule has 0 bridgehead atoms. The van der Waals surface area contributed by atoms with Gasteiger partial charge in [0.2, 0.25) is 0 Å². The average molecular weight is 355 g/mol. The fourth-order valence-electron chi connectivity index (χ4n) is 2.93. The largest absolute Gasteiger partial charge is 0.508 e. The molecule has 0 spiro atoms. The van der Waals surface area contributed by atoms with Gasteiger partial charge in [0.15, 0.2) is 0 Å². The maximum atomic E-state index is 12.9. The summed E-state index contributed by atoms with van der Waals surface area (Å²) in [5.74, 6) is 0.0316. The topological polar surface area (TPSA) is 75.1 Å². The van der Waals surface area contributed by atoms with Gasteiger partial charge in [0.05, 0.1) is 16.8 Å². The first-order chi connectivity index (χ1) is 13.2. The van der Waals surface area contributed by atoms with E-state index in [1.807, 2.05) is 42.5 Å². The van der Waals surface area contributed by atoms with Crippen molar-refractivity contribution in [2.45, 2.75) is 6.54 Å². The average Bonchev–Trinajstić information content (AvgIpc) is 2.73. The van der Waals surface area contributed by atoms with Crippen molar-refractivity contribution >= 4 is 16.8 Å². The minimum Gasteiger partial charge on any atom is -0.508 e. The number of pyridine rings is 2. The third-order valence-electron chi connectivity index (χ3n) is 4.33. The molecule has 0 saturated carbocycles. The Balaban J connectivity index is 1.69. The predicted molar refractivity (Wildman–Crippen MR) is 104 cm³/mol. The molecule has 132 valence electrons. The smallest absolute Gasteiger partial charge is 0.252 e. The number of para-hydroxylation sites is 1. The van der Waals surface area contributed by atoms with E-state index in [4.69, 9.17) is 0 Å². The number of benzene rings is 2. The number of carbonyl (C=O) groups is 1. The number of nitrogens with zero attached hydrogens (tertiary/aromatic N) is 2. The lowest BCUT2D eigenvalue weighted by Gasteiger charge is -2.11. The van der Waals surface area contributed by atoms with Gasteiger partial charge in [-0.3, -0.25) is 9.78 Å². The van der Waals surface area contributed by atoms with Crippen molar-refractivity contribution in [2.24, 2.45) is 0 Å². The molecule has 5 nitrogen and oxygen atoms in total. The highest BCUT2D eigenvalue weighted by Gasteiger charge is 2.13. The second kappa shape index (κ2) is 7.25. The highest BCUT2D eigenvalue weighted by Crippen LogP contribution is 2.24. The van der Waals surface area contributed by atoms with Crippen molar-refractivity contribution in [1.82, 2.24) is 15.3 Å². The van der Waals surface area contributed by atoms with Gasteiger partial charge in [-0.2, -0.15) is 0 Å². The lowest BCUT2D eigenvalue weighted by atomic mass is 10.0. The van der Waals surface area contributed by atoms with Crippen LogP contribution >= 0.6 is 0 Å². The molecule has 0 aliphatic heterocycles. The monoisotopic (exact) mass is 355 g/mol. The molecule has 1 amide bonds. The summed E-state index contributed by atoms with van der Waals surface area (Å²) in [6.07, 6.45) is 3.41. The Morgan fingerprint density at radius 3 is 2.48 bits per heavy atom. The molecule has 0 aliphatic carbocycles. The number of nitrogens with one attached hydrogen (secondary N) is 1. The number of phenolic OH excluding ortho intramolecular Hbond substituents is 1. The third-order valence-corrected chi connectivity index (χ3v) is 4.33. The molecule has 4 aromatic rings. The van der Waals surface area contributed by atoms with Gasteiger partial charge in [-0.05, 0) is 42.0 Å². The van der Waals surface area contributed by atoms with Crippen LogP contribution in [0, 0.1) is 0 Å². The van der Waals surface area contributed by atoms with Gasteiger partial charge in [-0.25, -0.2) is 4.98 Å². The van der Waals surface area contributed by atoms with E-state index >= 15 is 0 Å². The van der Waals surface area contributed by atoms with Crippen LogP contribution < -0.4 is 5.32 Å². The maximum absolute atomic E-state index is 12.9. The molecule has 0 atom stereocenters. The number of aromatic nitrogens is 2. The Hall–Kier alpha value is -3.73. The van der Waals surface area contributed by atoms with Crippen LogP contribution in [-0.4, -0.2) is 21.0 Å². The summed E-state index contributed by atoms with van der Waals surface area (Å²) < 4.78 is 0. The molecule has 27 heavy (non-hydrogen) atoms. The Morgan fingerprint density at radius 1 is 0.963 bits per heavy atom. The first kappa shape index (κ1) is 16.7. The Bertz CT molecular complexity index is 1090. The molecule has 0 aliphatic rings. The van der Waals surface area contributed by atoms with Crippen LogP contribution in [0.1, 0.15) is 15.9 Å². The zero-order chi connectivity index (χ0) is 18.6. The van der Waals surface area contributed by atoms with Gasteiger partial charge in [0, 0.05) is 29.9 Å². The molecule has 0 unspecified atom stereocenters. The Kier molecular flexibility index (Phi) is 4.49. The number of hydrogen-bond donors (Lipinski definition) is 2. The molecule has 0 radical (unpaired) electrons. The van der Waals surface area contributed by atoms with Gasteiger partial charge >= 0.3 is 0 Å². The fraction of sp³-hybridized carbons (Fsp3) is 0.0455. The van der Waals surface area contributed by atoms with Gasteiger partial charge in [0.1, 0.15) is 5.75 Å². The molecule has 2 aromatic carbocycles. The molecule has 4 rings (SSSR count). The summed E-state index contributed by atoms with van der Waals surface area (Å²) in [6, 6.07) is 19.9. The lowest BCUT2D eigenvalue weighted by Crippen LogP contribution is -2.23. The zero-order valence-electron chi connectivity index (χ0n) is 14.5. The standard InChI is InChI=1S/C22H17N3O2/c26-17-7-5-15(6-8-17)14-24-22(27)19-13-21(16-9-11-23-12-10-16)25-20-4-2-1-3-18(19)20/h1-13,26H,14H2,(H,24,27). The van der Waals surface area contributed by atoms with E-state index in [-0.39, 0.29) is 11.7 Å². The Labute approximate surface area is 156 Å². The van der Waals surface area contributed by atoms with Crippen molar-refractivity contribution in [3.05, 3.63) is 90.3 Å². The predicted octanol–water partition coefficient (Wildman–Crippen LogP) is 3.93. The van der Waals surface area contributed by atoms with E-state index in [1.165, 1.54) is 0 Å². The van der Waals surface area contributed by atoms with Gasteiger partial charge < -0.3 is 10.4 Å². The molecule has 2 N–H and O–H groups in total. The fourth-order valence-corrected chi connectivity index (χ4v) is 2.93. The van der Waals surface area contributed by atoms with Crippen LogP contribution in [0.15, 0.2) is 79.1 Å². The molecule has 2 heterocycles. The van der Waals surface area contributed by atoms with E-state index in [0.29, 0.717) is 12.1 Å². The number of amides is 1. The van der Waals surface area contributed by atoms with Crippen LogP contribution in [-0.2, 0) is 6.54 Å². The summed E-state index contributed by atoms with van der Waals surface area (Å²) >= 11 is 0. The minimum atomic E-state index is -0.169. The van der Waals surface area contributed by atoms with Crippen molar-refractivity contribution in [3.8, 4) is 17.0 Å². The molecule has 5 heteroatoms. The van der Waals surface area contributed by atoms with Crippen LogP contribution in [0.4, 0.5) is 0 Å². The number of phenols is 1. The number of rotatable bonds is 4. The molecule has 0 saturated heterocycles. The highest BCUT2D eigenvalue weighted by molar-refractivity contribution is 6.07. The van der Waals surface area contributed by atoms with E-state index in [1.54, 1.807) is 36.7 Å². The highest BCUT2D eigenvalue weighted by atomic mass is 16.3. The second-order valence-corrected chi connectivity index (χ2v) is 6.16. The van der Waals surface area contributed by atoms with Crippen molar-refractivity contribution < 1.29 is 9.90 Å². The number of aromatic hydroxyl groups is 1. The number of fused-ring (bicyclic) bond motifs is 1. The Morgan fingerprint density at radius 2 is 1.70 bits per heavy atom. The van der Waals surface area contributed by atoms with Crippen molar-refractivity contribution in [3.63, 3.8) is 0 Å². The molecule has 0 fully saturated rings. The summed E-state index contributed by atoms with van der Waals surface area (Å²) in [5, 5.41) is 13.1. The summed E-state index contributed by atoms with van der Waals surface area (Å²) in [4.78, 5) is 21.6. The molecular weight excluding hydrogens is 338 g/mol. The quantitative estimate of drug-likeness (QED) is 0.582. The summed E-state index contributed by atoms with van der Waals surface area (Å²) in [6.45, 7) is 0.375. The van der Waals surface area contributed by atoms with Crippen LogP contribution in [0.3, 0.4) is 0 Å². The summed E-state index contributed by atoms with van der Waals surface area (Å²) in [7, 11) is 0. The van der Waals surface area contributed by atoms with Gasteiger partial charge in [-0.15, -0.1) is 0 Å². The van der Waals surface area contributed by atoms with E-state index in [0.717, 1.165) is 27.7 Å². The number of hydrogen-bond acceptors (Lipinski definition) is 4. The first-order valence-corrected chi connectivity index (χ1v) is 8.57. The van der Waals surface area contributed by atoms with Crippen molar-refractivity contribution in [1.29, 1.82) is 0 Å². The zero-order valence-corrected chi connectivity index (χ0v) is 14.5. The molecule has 2 aromatic heterocycles. The van der Waals surface area contributed by atoms with E-state index < -0.39 is 0 Å².